The first-order valence-corrected chi connectivity index (χ1v) is 9.28. The van der Waals surface area contributed by atoms with Gasteiger partial charge in [-0.25, -0.2) is 9.97 Å². The number of benzene rings is 2. The molecule has 7 nitrogen and oxygen atoms in total. The maximum Gasteiger partial charge on any atom is 0.178 e. The zero-order valence-corrected chi connectivity index (χ0v) is 15.7. The van der Waals surface area contributed by atoms with Crippen LogP contribution in [-0.2, 0) is 6.42 Å². The lowest BCUT2D eigenvalue weighted by Gasteiger charge is -2.05. The lowest BCUT2D eigenvalue weighted by Crippen LogP contribution is -2.03. The molecule has 28 heavy (non-hydrogen) atoms. The van der Waals surface area contributed by atoms with E-state index < -0.39 is 0 Å². The summed E-state index contributed by atoms with van der Waals surface area (Å²) in [7, 11) is 0. The SMILES string of the molecule is Cc1ncc2c(N=Nc3ccc(O)c(CC(=O)c4ccccc4)c3)snc2n1. The highest BCUT2D eigenvalue weighted by Gasteiger charge is 2.11. The first-order valence-electron chi connectivity index (χ1n) is 8.51. The third kappa shape index (κ3) is 3.77. The molecule has 0 amide bonds. The fraction of sp³-hybridized carbons (Fsp3) is 0.100. The van der Waals surface area contributed by atoms with Crippen LogP contribution in [0.5, 0.6) is 5.75 Å². The predicted octanol–water partition coefficient (Wildman–Crippen LogP) is 4.94. The van der Waals surface area contributed by atoms with Crippen LogP contribution >= 0.6 is 11.5 Å². The van der Waals surface area contributed by atoms with Crippen LogP contribution in [0.15, 0.2) is 65.0 Å². The molecule has 2 aromatic heterocycles. The summed E-state index contributed by atoms with van der Waals surface area (Å²) in [5.41, 5.74) is 2.22. The number of phenols is 1. The molecule has 0 fully saturated rings. The molecule has 0 saturated heterocycles. The molecule has 0 aliphatic carbocycles. The Labute approximate surface area is 164 Å². The lowest BCUT2D eigenvalue weighted by atomic mass is 10.0. The number of fused-ring (bicyclic) bond motifs is 1. The zero-order chi connectivity index (χ0) is 19.5. The number of aryl methyl sites for hydroxylation is 1. The van der Waals surface area contributed by atoms with Gasteiger partial charge in [0.05, 0.1) is 11.1 Å². The highest BCUT2D eigenvalue weighted by molar-refractivity contribution is 7.11. The van der Waals surface area contributed by atoms with Crippen molar-refractivity contribution in [2.45, 2.75) is 13.3 Å². The van der Waals surface area contributed by atoms with Crippen LogP contribution in [0.1, 0.15) is 21.7 Å². The van der Waals surface area contributed by atoms with E-state index in [0.717, 1.165) is 5.39 Å². The van der Waals surface area contributed by atoms with Crippen molar-refractivity contribution in [3.8, 4) is 5.75 Å². The summed E-state index contributed by atoms with van der Waals surface area (Å²) in [5, 5.41) is 19.9. The molecule has 0 aliphatic heterocycles. The van der Waals surface area contributed by atoms with Crippen LogP contribution in [-0.4, -0.2) is 25.2 Å². The van der Waals surface area contributed by atoms with E-state index in [9.17, 15) is 9.90 Å². The second-order valence-corrected chi connectivity index (χ2v) is 6.87. The van der Waals surface area contributed by atoms with Crippen LogP contribution in [0.25, 0.3) is 11.0 Å². The average Bonchev–Trinajstić information content (AvgIpc) is 3.11. The summed E-state index contributed by atoms with van der Waals surface area (Å²) >= 11 is 1.19. The molecular weight excluding hydrogens is 374 g/mol. The van der Waals surface area contributed by atoms with Gasteiger partial charge in [0.2, 0.25) is 0 Å². The van der Waals surface area contributed by atoms with Gasteiger partial charge in [-0.05, 0) is 36.7 Å². The van der Waals surface area contributed by atoms with Crippen molar-refractivity contribution in [2.75, 3.05) is 0 Å². The maximum absolute atomic E-state index is 12.4. The summed E-state index contributed by atoms with van der Waals surface area (Å²) in [6.45, 7) is 1.80. The Balaban J connectivity index is 1.58. The van der Waals surface area contributed by atoms with Gasteiger partial charge in [0.25, 0.3) is 0 Å². The van der Waals surface area contributed by atoms with E-state index >= 15 is 0 Å². The van der Waals surface area contributed by atoms with Crippen molar-refractivity contribution in [2.24, 2.45) is 10.2 Å². The fourth-order valence-electron chi connectivity index (χ4n) is 2.66. The van der Waals surface area contributed by atoms with Gasteiger partial charge in [-0.15, -0.1) is 10.2 Å². The Morgan fingerprint density at radius 3 is 2.79 bits per heavy atom. The molecule has 0 saturated carbocycles. The number of hydrogen-bond donors (Lipinski definition) is 1. The molecule has 2 aromatic carbocycles. The molecule has 0 atom stereocenters. The number of carbonyl (C=O) groups is 1. The lowest BCUT2D eigenvalue weighted by molar-refractivity contribution is 0.0992. The number of aromatic nitrogens is 3. The summed E-state index contributed by atoms with van der Waals surface area (Å²) in [5.74, 6) is 0.619. The van der Waals surface area contributed by atoms with Crippen molar-refractivity contribution in [1.29, 1.82) is 0 Å². The molecule has 4 aromatic rings. The standard InChI is InChI=1S/C20H15N5O2S/c1-12-21-11-16-19(22-12)25-28-20(16)24-23-15-7-8-17(26)14(9-15)10-18(27)13-5-3-2-4-6-13/h2-9,11,26H,10H2,1H3. The molecule has 8 heteroatoms. The Hall–Kier alpha value is -3.52. The molecule has 0 spiro atoms. The van der Waals surface area contributed by atoms with Crippen molar-refractivity contribution >= 4 is 39.0 Å². The Kier molecular flexibility index (Phi) is 4.86. The van der Waals surface area contributed by atoms with Crippen LogP contribution in [0.2, 0.25) is 0 Å². The van der Waals surface area contributed by atoms with Gasteiger partial charge in [0.15, 0.2) is 16.4 Å². The molecule has 0 unspecified atom stereocenters. The average molecular weight is 389 g/mol. The zero-order valence-electron chi connectivity index (χ0n) is 14.9. The summed E-state index contributed by atoms with van der Waals surface area (Å²) < 4.78 is 4.25. The minimum Gasteiger partial charge on any atom is -0.508 e. The number of Topliss-reactive ketones (excluding diaryl/α,β-unsaturated/α-hetero) is 1. The summed E-state index contributed by atoms with van der Waals surface area (Å²) in [4.78, 5) is 20.8. The number of nitrogens with zero attached hydrogens (tertiary/aromatic N) is 5. The maximum atomic E-state index is 12.4. The first-order chi connectivity index (χ1) is 13.6. The number of rotatable bonds is 5. The molecule has 0 radical (unpaired) electrons. The third-order valence-corrected chi connectivity index (χ3v) is 4.84. The van der Waals surface area contributed by atoms with E-state index in [1.54, 1.807) is 37.4 Å². The number of phenolic OH excluding ortho intramolecular Hbond substituents is 1. The van der Waals surface area contributed by atoms with E-state index in [0.29, 0.717) is 33.3 Å². The predicted molar refractivity (Wildman–Crippen MR) is 107 cm³/mol. The minimum absolute atomic E-state index is 0.0512. The summed E-state index contributed by atoms with van der Waals surface area (Å²) in [6, 6.07) is 13.8. The van der Waals surface area contributed by atoms with E-state index in [1.807, 2.05) is 18.2 Å². The van der Waals surface area contributed by atoms with Gasteiger partial charge in [-0.1, -0.05) is 30.3 Å². The molecule has 0 aliphatic rings. The highest BCUT2D eigenvalue weighted by atomic mass is 32.1. The van der Waals surface area contributed by atoms with Crippen molar-refractivity contribution in [3.63, 3.8) is 0 Å². The van der Waals surface area contributed by atoms with Crippen LogP contribution < -0.4 is 0 Å². The highest BCUT2D eigenvalue weighted by Crippen LogP contribution is 2.31. The third-order valence-electron chi connectivity index (χ3n) is 4.10. The Bertz CT molecular complexity index is 1190. The Morgan fingerprint density at radius 2 is 1.96 bits per heavy atom. The van der Waals surface area contributed by atoms with Gasteiger partial charge in [-0.3, -0.25) is 4.79 Å². The van der Waals surface area contributed by atoms with Gasteiger partial charge in [-0.2, -0.15) is 4.37 Å². The molecule has 1 N–H and O–H groups in total. The fourth-order valence-corrected chi connectivity index (χ4v) is 3.30. The van der Waals surface area contributed by atoms with E-state index in [4.69, 9.17) is 0 Å². The topological polar surface area (TPSA) is 101 Å². The second-order valence-electron chi connectivity index (χ2n) is 6.12. The smallest absolute Gasteiger partial charge is 0.178 e. The molecule has 0 bridgehead atoms. The number of hydrogen-bond acceptors (Lipinski definition) is 8. The number of aromatic hydroxyl groups is 1. The van der Waals surface area contributed by atoms with Crippen LogP contribution in [0, 0.1) is 6.92 Å². The molecule has 138 valence electrons. The van der Waals surface area contributed by atoms with Gasteiger partial charge >= 0.3 is 0 Å². The van der Waals surface area contributed by atoms with Crippen molar-refractivity contribution < 1.29 is 9.90 Å². The molecular formula is C20H15N5O2S. The summed E-state index contributed by atoms with van der Waals surface area (Å²) in [6.07, 6.45) is 1.76. The van der Waals surface area contributed by atoms with Gasteiger partial charge in [0.1, 0.15) is 11.6 Å². The largest absolute Gasteiger partial charge is 0.508 e. The number of ketones is 1. The minimum atomic E-state index is -0.0778. The van der Waals surface area contributed by atoms with Crippen molar-refractivity contribution in [3.05, 3.63) is 71.7 Å². The normalized spacial score (nSPS) is 11.3. The van der Waals surface area contributed by atoms with E-state index in [1.165, 1.54) is 17.6 Å². The van der Waals surface area contributed by atoms with Gasteiger partial charge < -0.3 is 5.11 Å². The monoisotopic (exact) mass is 389 g/mol. The van der Waals surface area contributed by atoms with Crippen LogP contribution in [0.3, 0.4) is 0 Å². The van der Waals surface area contributed by atoms with E-state index in [2.05, 4.69) is 24.6 Å². The van der Waals surface area contributed by atoms with E-state index in [-0.39, 0.29) is 18.0 Å². The molecule has 4 rings (SSSR count). The first kappa shape index (κ1) is 17.9. The second kappa shape index (κ2) is 7.61. The Morgan fingerprint density at radius 1 is 1.14 bits per heavy atom. The van der Waals surface area contributed by atoms with Crippen molar-refractivity contribution in [1.82, 2.24) is 14.3 Å². The molecule has 2 heterocycles. The number of azo groups is 1. The quantitative estimate of drug-likeness (QED) is 0.385. The number of carbonyl (C=O) groups excluding carboxylic acids is 1. The van der Waals surface area contributed by atoms with Gasteiger partial charge in [0, 0.05) is 23.7 Å². The van der Waals surface area contributed by atoms with Crippen LogP contribution in [0.4, 0.5) is 10.7 Å².